The Morgan fingerprint density at radius 3 is 2.78 bits per heavy atom. The molecule has 0 fully saturated rings. The highest BCUT2D eigenvalue weighted by Crippen LogP contribution is 2.33. The Balaban J connectivity index is 2.31. The molecule has 0 N–H and O–H groups in total. The highest BCUT2D eigenvalue weighted by Gasteiger charge is 2.08. The molecule has 0 saturated carbocycles. The van der Waals surface area contributed by atoms with E-state index in [9.17, 15) is 0 Å². The summed E-state index contributed by atoms with van der Waals surface area (Å²) in [5, 5.41) is 0.153. The lowest BCUT2D eigenvalue weighted by molar-refractivity contribution is 0.411. The second kappa shape index (κ2) is 5.54. The van der Waals surface area contributed by atoms with Gasteiger partial charge in [-0.25, -0.2) is 4.98 Å². The van der Waals surface area contributed by atoms with Crippen molar-refractivity contribution < 1.29 is 9.47 Å². The maximum Gasteiger partial charge on any atom is 0.226 e. The van der Waals surface area contributed by atoms with E-state index < -0.39 is 0 Å². The number of halogens is 2. The first kappa shape index (κ1) is 13.1. The third kappa shape index (κ3) is 2.91. The topological polar surface area (TPSA) is 44.2 Å². The standard InChI is InChI=1S/C12H10BrClN2O2/c1-7-6-15-12(14)16-11(7)18-10-4-3-8(17-2)5-9(10)13/h3-6H,1-2H3. The first-order chi connectivity index (χ1) is 8.60. The zero-order chi connectivity index (χ0) is 13.1. The van der Waals surface area contributed by atoms with Crippen molar-refractivity contribution in [3.8, 4) is 17.4 Å². The molecule has 0 aliphatic carbocycles. The Morgan fingerprint density at radius 2 is 2.11 bits per heavy atom. The molecule has 0 amide bonds. The molecular weight excluding hydrogens is 320 g/mol. The molecule has 0 aliphatic rings. The Bertz CT molecular complexity index is 578. The summed E-state index contributed by atoms with van der Waals surface area (Å²) in [4.78, 5) is 7.91. The van der Waals surface area contributed by atoms with Gasteiger partial charge in [0.2, 0.25) is 11.2 Å². The molecule has 0 atom stereocenters. The second-order valence-corrected chi connectivity index (χ2v) is 4.72. The molecular formula is C12H10BrClN2O2. The molecule has 2 rings (SSSR count). The fourth-order valence-corrected chi connectivity index (χ4v) is 1.87. The molecule has 94 valence electrons. The Kier molecular flexibility index (Phi) is 4.04. The predicted octanol–water partition coefficient (Wildman–Crippen LogP) is 4.00. The third-order valence-corrected chi connectivity index (χ3v) is 3.04. The maximum atomic E-state index is 5.74. The van der Waals surface area contributed by atoms with Gasteiger partial charge in [-0.15, -0.1) is 0 Å². The minimum atomic E-state index is 0.153. The molecule has 0 aliphatic heterocycles. The van der Waals surface area contributed by atoms with Crippen LogP contribution in [0.3, 0.4) is 0 Å². The van der Waals surface area contributed by atoms with Crippen LogP contribution in [0.5, 0.6) is 17.4 Å². The second-order valence-electron chi connectivity index (χ2n) is 3.53. The van der Waals surface area contributed by atoms with Crippen molar-refractivity contribution >= 4 is 27.5 Å². The number of hydrogen-bond acceptors (Lipinski definition) is 4. The summed E-state index contributed by atoms with van der Waals surface area (Å²) >= 11 is 9.14. The molecule has 0 bridgehead atoms. The van der Waals surface area contributed by atoms with E-state index in [1.807, 2.05) is 13.0 Å². The van der Waals surface area contributed by atoms with E-state index in [2.05, 4.69) is 25.9 Å². The lowest BCUT2D eigenvalue weighted by atomic mass is 10.3. The zero-order valence-electron chi connectivity index (χ0n) is 9.78. The van der Waals surface area contributed by atoms with Crippen molar-refractivity contribution in [1.29, 1.82) is 0 Å². The molecule has 1 aromatic heterocycles. The third-order valence-electron chi connectivity index (χ3n) is 2.24. The van der Waals surface area contributed by atoms with Gasteiger partial charge in [-0.3, -0.25) is 0 Å². The molecule has 1 aromatic carbocycles. The monoisotopic (exact) mass is 328 g/mol. The van der Waals surface area contributed by atoms with Crippen molar-refractivity contribution in [2.24, 2.45) is 0 Å². The average Bonchev–Trinajstić information content (AvgIpc) is 2.36. The first-order valence-corrected chi connectivity index (χ1v) is 6.28. The van der Waals surface area contributed by atoms with E-state index in [-0.39, 0.29) is 5.28 Å². The summed E-state index contributed by atoms with van der Waals surface area (Å²) in [5.74, 6) is 1.81. The van der Waals surface area contributed by atoms with Gasteiger partial charge < -0.3 is 9.47 Å². The summed E-state index contributed by atoms with van der Waals surface area (Å²) in [6.07, 6.45) is 1.61. The first-order valence-electron chi connectivity index (χ1n) is 5.10. The van der Waals surface area contributed by atoms with Crippen LogP contribution < -0.4 is 9.47 Å². The summed E-state index contributed by atoms with van der Waals surface area (Å²) in [6.45, 7) is 1.85. The summed E-state index contributed by atoms with van der Waals surface area (Å²) in [5.41, 5.74) is 0.808. The molecule has 6 heteroatoms. The van der Waals surface area contributed by atoms with Crippen LogP contribution >= 0.6 is 27.5 Å². The van der Waals surface area contributed by atoms with Gasteiger partial charge in [0.05, 0.1) is 11.6 Å². The normalized spacial score (nSPS) is 10.2. The van der Waals surface area contributed by atoms with Crippen molar-refractivity contribution in [2.75, 3.05) is 7.11 Å². The highest BCUT2D eigenvalue weighted by atomic mass is 79.9. The average molecular weight is 330 g/mol. The molecule has 0 spiro atoms. The summed E-state index contributed by atoms with van der Waals surface area (Å²) in [6, 6.07) is 5.41. The van der Waals surface area contributed by atoms with E-state index in [1.54, 1.807) is 25.4 Å². The van der Waals surface area contributed by atoms with Gasteiger partial charge >= 0.3 is 0 Å². The SMILES string of the molecule is COc1ccc(Oc2nc(Cl)ncc2C)c(Br)c1. The van der Waals surface area contributed by atoms with Gasteiger partial charge in [0.15, 0.2) is 0 Å². The molecule has 2 aromatic rings. The van der Waals surface area contributed by atoms with Crippen molar-refractivity contribution in [2.45, 2.75) is 6.92 Å². The van der Waals surface area contributed by atoms with Crippen LogP contribution in [0.1, 0.15) is 5.56 Å². The van der Waals surface area contributed by atoms with Gasteiger partial charge in [-0.2, -0.15) is 4.98 Å². The van der Waals surface area contributed by atoms with E-state index in [0.717, 1.165) is 15.8 Å². The lowest BCUT2D eigenvalue weighted by Gasteiger charge is -2.10. The van der Waals surface area contributed by atoms with Crippen LogP contribution in [0.2, 0.25) is 5.28 Å². The number of hydrogen-bond donors (Lipinski definition) is 0. The Morgan fingerprint density at radius 1 is 1.33 bits per heavy atom. The fraction of sp³-hybridized carbons (Fsp3) is 0.167. The van der Waals surface area contributed by atoms with Crippen molar-refractivity contribution in [3.63, 3.8) is 0 Å². The molecule has 0 unspecified atom stereocenters. The van der Waals surface area contributed by atoms with Crippen LogP contribution in [0.15, 0.2) is 28.9 Å². The van der Waals surface area contributed by atoms with E-state index in [4.69, 9.17) is 21.1 Å². The fourth-order valence-electron chi connectivity index (χ4n) is 1.30. The molecule has 1 heterocycles. The van der Waals surface area contributed by atoms with Crippen molar-refractivity contribution in [3.05, 3.63) is 39.7 Å². The number of ether oxygens (including phenoxy) is 2. The number of rotatable bonds is 3. The summed E-state index contributed by atoms with van der Waals surface area (Å²) < 4.78 is 11.6. The number of aryl methyl sites for hydroxylation is 1. The van der Waals surface area contributed by atoms with E-state index in [1.165, 1.54) is 0 Å². The Hall–Kier alpha value is -1.33. The molecule has 0 saturated heterocycles. The molecule has 0 radical (unpaired) electrons. The maximum absolute atomic E-state index is 5.74. The van der Waals surface area contributed by atoms with Gasteiger partial charge in [0.1, 0.15) is 11.5 Å². The van der Waals surface area contributed by atoms with E-state index >= 15 is 0 Å². The van der Waals surface area contributed by atoms with E-state index in [0.29, 0.717) is 11.6 Å². The van der Waals surface area contributed by atoms with Gasteiger partial charge in [0.25, 0.3) is 0 Å². The van der Waals surface area contributed by atoms with Crippen LogP contribution in [-0.4, -0.2) is 17.1 Å². The number of aromatic nitrogens is 2. The number of methoxy groups -OCH3 is 1. The van der Waals surface area contributed by atoms with Gasteiger partial charge in [-0.05, 0) is 52.7 Å². The smallest absolute Gasteiger partial charge is 0.226 e. The molecule has 18 heavy (non-hydrogen) atoms. The zero-order valence-corrected chi connectivity index (χ0v) is 12.1. The summed E-state index contributed by atoms with van der Waals surface area (Å²) in [7, 11) is 1.61. The van der Waals surface area contributed by atoms with Crippen LogP contribution in [0.4, 0.5) is 0 Å². The van der Waals surface area contributed by atoms with Crippen LogP contribution in [-0.2, 0) is 0 Å². The van der Waals surface area contributed by atoms with Crippen LogP contribution in [0, 0.1) is 6.92 Å². The quantitative estimate of drug-likeness (QED) is 0.798. The molecule has 4 nitrogen and oxygen atoms in total. The number of nitrogens with zero attached hydrogens (tertiary/aromatic N) is 2. The van der Waals surface area contributed by atoms with Crippen LogP contribution in [0.25, 0.3) is 0 Å². The predicted molar refractivity (Wildman–Crippen MR) is 72.5 cm³/mol. The highest BCUT2D eigenvalue weighted by molar-refractivity contribution is 9.10. The van der Waals surface area contributed by atoms with Crippen molar-refractivity contribution in [1.82, 2.24) is 9.97 Å². The largest absolute Gasteiger partial charge is 0.497 e. The number of benzene rings is 1. The lowest BCUT2D eigenvalue weighted by Crippen LogP contribution is -1.94. The Labute approximate surface area is 118 Å². The minimum absolute atomic E-state index is 0.153. The van der Waals surface area contributed by atoms with Gasteiger partial charge in [-0.1, -0.05) is 0 Å². The minimum Gasteiger partial charge on any atom is -0.497 e. The van der Waals surface area contributed by atoms with Gasteiger partial charge in [0, 0.05) is 11.8 Å².